The molecule has 23 heavy (non-hydrogen) atoms. The van der Waals surface area contributed by atoms with Crippen molar-refractivity contribution in [2.24, 2.45) is 0 Å². The van der Waals surface area contributed by atoms with Gasteiger partial charge in [-0.3, -0.25) is 4.68 Å². The van der Waals surface area contributed by atoms with Crippen LogP contribution in [0.15, 0.2) is 29.3 Å². The van der Waals surface area contributed by atoms with E-state index in [4.69, 9.17) is 11.6 Å². The van der Waals surface area contributed by atoms with Crippen LogP contribution in [0.25, 0.3) is 0 Å². The number of rotatable bonds is 3. The molecular formula is C14H15ClN4O3S. The number of sulfonamides is 1. The molecule has 122 valence electrons. The number of aryl methyl sites for hydroxylation is 2. The number of carbonyl (C=O) groups is 1. The van der Waals surface area contributed by atoms with Gasteiger partial charge >= 0.3 is 6.03 Å². The van der Waals surface area contributed by atoms with E-state index in [2.05, 4.69) is 10.4 Å². The average Bonchev–Trinajstić information content (AvgIpc) is 2.83. The Kier molecular flexibility index (Phi) is 3.81. The minimum Gasteiger partial charge on any atom is -0.306 e. The third-order valence-corrected chi connectivity index (χ3v) is 5.76. The third-order valence-electron chi connectivity index (χ3n) is 3.66. The summed E-state index contributed by atoms with van der Waals surface area (Å²) in [7, 11) is -3.95. The second-order valence-electron chi connectivity index (χ2n) is 5.20. The van der Waals surface area contributed by atoms with Crippen LogP contribution in [0, 0.1) is 6.92 Å². The molecule has 1 aromatic carbocycles. The van der Waals surface area contributed by atoms with Crippen LogP contribution in [0.4, 0.5) is 10.5 Å². The number of benzene rings is 1. The summed E-state index contributed by atoms with van der Waals surface area (Å²) in [5.41, 5.74) is 1.63. The highest BCUT2D eigenvalue weighted by molar-refractivity contribution is 7.90. The van der Waals surface area contributed by atoms with Crippen LogP contribution in [0.3, 0.4) is 0 Å². The van der Waals surface area contributed by atoms with Gasteiger partial charge in [-0.2, -0.15) is 5.10 Å². The van der Waals surface area contributed by atoms with Gasteiger partial charge in [-0.15, -0.1) is 0 Å². The van der Waals surface area contributed by atoms with Crippen LogP contribution in [0.5, 0.6) is 0 Å². The first-order valence-corrected chi connectivity index (χ1v) is 8.81. The van der Waals surface area contributed by atoms with E-state index in [1.165, 1.54) is 12.3 Å². The number of hydrogen-bond donors (Lipinski definition) is 1. The summed E-state index contributed by atoms with van der Waals surface area (Å²) in [4.78, 5) is 12.4. The molecule has 0 fully saturated rings. The molecule has 2 amide bonds. The number of fused-ring (bicyclic) bond motifs is 1. The van der Waals surface area contributed by atoms with E-state index in [-0.39, 0.29) is 11.4 Å². The lowest BCUT2D eigenvalue weighted by Crippen LogP contribution is -2.43. The number of urea groups is 1. The lowest BCUT2D eigenvalue weighted by Gasteiger charge is -2.29. The van der Waals surface area contributed by atoms with Crippen molar-refractivity contribution in [3.8, 4) is 0 Å². The van der Waals surface area contributed by atoms with Crippen molar-refractivity contribution in [3.05, 3.63) is 40.7 Å². The molecule has 1 aliphatic heterocycles. The average molecular weight is 355 g/mol. The van der Waals surface area contributed by atoms with Gasteiger partial charge in [0.25, 0.3) is 10.0 Å². The van der Waals surface area contributed by atoms with E-state index >= 15 is 0 Å². The maximum absolute atomic E-state index is 12.8. The zero-order valence-electron chi connectivity index (χ0n) is 12.6. The van der Waals surface area contributed by atoms with Crippen LogP contribution < -0.4 is 5.32 Å². The predicted octanol–water partition coefficient (Wildman–Crippen LogP) is 2.60. The van der Waals surface area contributed by atoms with E-state index in [1.807, 2.05) is 13.8 Å². The van der Waals surface area contributed by atoms with Crippen molar-refractivity contribution >= 4 is 33.3 Å². The lowest BCUT2D eigenvalue weighted by molar-refractivity contribution is 0.233. The molecule has 0 atom stereocenters. The number of nitrogens with zero attached hydrogens (tertiary/aromatic N) is 3. The molecule has 1 aromatic heterocycles. The number of amides is 2. The molecule has 0 saturated carbocycles. The van der Waals surface area contributed by atoms with Crippen molar-refractivity contribution in [1.29, 1.82) is 0 Å². The molecule has 0 radical (unpaired) electrons. The number of anilines is 1. The zero-order valence-corrected chi connectivity index (χ0v) is 14.1. The molecule has 7 nitrogen and oxygen atoms in total. The second-order valence-corrected chi connectivity index (χ2v) is 7.43. The summed E-state index contributed by atoms with van der Waals surface area (Å²) in [5, 5.41) is 6.99. The van der Waals surface area contributed by atoms with Gasteiger partial charge in [0.15, 0.2) is 0 Å². The normalized spacial score (nSPS) is 16.1. The summed E-state index contributed by atoms with van der Waals surface area (Å²) in [6.45, 7) is 4.03. The smallest absolute Gasteiger partial charge is 0.306 e. The molecule has 0 bridgehead atoms. The lowest BCUT2D eigenvalue weighted by atomic mass is 10.2. The first kappa shape index (κ1) is 15.8. The van der Waals surface area contributed by atoms with Crippen molar-refractivity contribution in [2.75, 3.05) is 5.32 Å². The van der Waals surface area contributed by atoms with Crippen LogP contribution in [-0.4, -0.2) is 28.5 Å². The van der Waals surface area contributed by atoms with Gasteiger partial charge < -0.3 is 5.32 Å². The Morgan fingerprint density at radius 1 is 1.35 bits per heavy atom. The fourth-order valence-electron chi connectivity index (χ4n) is 2.48. The number of halogens is 1. The summed E-state index contributed by atoms with van der Waals surface area (Å²) in [6.07, 6.45) is 1.44. The van der Waals surface area contributed by atoms with Gasteiger partial charge in [0.1, 0.15) is 4.90 Å². The van der Waals surface area contributed by atoms with Gasteiger partial charge in [-0.1, -0.05) is 17.7 Å². The summed E-state index contributed by atoms with van der Waals surface area (Å²) in [5.74, 6) is 0. The molecular weight excluding hydrogens is 340 g/mol. The fraction of sp³-hybridized carbons (Fsp3) is 0.286. The molecule has 3 rings (SSSR count). The largest absolute Gasteiger partial charge is 0.336 e. The summed E-state index contributed by atoms with van der Waals surface area (Å²) < 4.78 is 27.9. The Morgan fingerprint density at radius 2 is 2.09 bits per heavy atom. The molecule has 2 aromatic rings. The number of carbonyl (C=O) groups excluding carboxylic acids is 1. The van der Waals surface area contributed by atoms with Crippen LogP contribution in [0.2, 0.25) is 5.02 Å². The SMILES string of the molecule is CCn1ncc(Cl)c1CN1C(=O)Nc2cc(C)ccc2S1(=O)=O. The van der Waals surface area contributed by atoms with Crippen molar-refractivity contribution in [3.63, 3.8) is 0 Å². The number of hydrogen-bond acceptors (Lipinski definition) is 4. The molecule has 1 aliphatic rings. The minimum atomic E-state index is -3.95. The summed E-state index contributed by atoms with van der Waals surface area (Å²) in [6, 6.07) is 4.11. The predicted molar refractivity (Wildman–Crippen MR) is 85.8 cm³/mol. The summed E-state index contributed by atoms with van der Waals surface area (Å²) >= 11 is 6.07. The van der Waals surface area contributed by atoms with Crippen LogP contribution in [0.1, 0.15) is 18.2 Å². The third kappa shape index (κ3) is 2.57. The van der Waals surface area contributed by atoms with Crippen LogP contribution >= 0.6 is 11.6 Å². The Labute approximate surface area is 138 Å². The highest BCUT2D eigenvalue weighted by atomic mass is 35.5. The highest BCUT2D eigenvalue weighted by Gasteiger charge is 2.37. The Hall–Kier alpha value is -2.06. The molecule has 2 heterocycles. The van der Waals surface area contributed by atoms with Gasteiger partial charge in [0.2, 0.25) is 0 Å². The van der Waals surface area contributed by atoms with E-state index < -0.39 is 16.1 Å². The van der Waals surface area contributed by atoms with Gasteiger partial charge in [-0.05, 0) is 31.5 Å². The zero-order chi connectivity index (χ0) is 16.8. The van der Waals surface area contributed by atoms with Gasteiger partial charge in [0.05, 0.1) is 29.1 Å². The molecule has 1 N–H and O–H groups in total. The second kappa shape index (κ2) is 5.54. The van der Waals surface area contributed by atoms with Crippen molar-refractivity contribution in [2.45, 2.75) is 31.8 Å². The maximum Gasteiger partial charge on any atom is 0.336 e. The number of aromatic nitrogens is 2. The Morgan fingerprint density at radius 3 is 2.78 bits per heavy atom. The van der Waals surface area contributed by atoms with E-state index in [1.54, 1.807) is 16.8 Å². The molecule has 0 spiro atoms. The monoisotopic (exact) mass is 354 g/mol. The van der Waals surface area contributed by atoms with E-state index in [9.17, 15) is 13.2 Å². The molecule has 9 heteroatoms. The van der Waals surface area contributed by atoms with Crippen molar-refractivity contribution < 1.29 is 13.2 Å². The van der Waals surface area contributed by atoms with Crippen LogP contribution in [-0.2, 0) is 23.1 Å². The fourth-order valence-corrected chi connectivity index (χ4v) is 4.10. The number of nitrogens with one attached hydrogen (secondary N) is 1. The molecule has 0 aliphatic carbocycles. The highest BCUT2D eigenvalue weighted by Crippen LogP contribution is 2.32. The Bertz CT molecular complexity index is 891. The maximum atomic E-state index is 12.8. The van der Waals surface area contributed by atoms with Gasteiger partial charge in [-0.25, -0.2) is 17.5 Å². The van der Waals surface area contributed by atoms with Crippen molar-refractivity contribution in [1.82, 2.24) is 14.1 Å². The first-order valence-electron chi connectivity index (χ1n) is 6.99. The van der Waals surface area contributed by atoms with E-state index in [0.29, 0.717) is 22.9 Å². The minimum absolute atomic E-state index is 0.0707. The quantitative estimate of drug-likeness (QED) is 0.918. The molecule has 0 unspecified atom stereocenters. The topological polar surface area (TPSA) is 84.3 Å². The molecule has 0 saturated heterocycles. The Balaban J connectivity index is 2.05. The standard InChI is InChI=1S/C14H15ClN4O3S/c1-3-18-12(10(15)7-16-18)8-19-14(20)17-11-6-9(2)4-5-13(11)23(19,21)22/h4-7H,3,8H2,1-2H3,(H,17,20). The first-order chi connectivity index (χ1) is 10.8. The van der Waals surface area contributed by atoms with E-state index in [0.717, 1.165) is 9.87 Å². The van der Waals surface area contributed by atoms with Gasteiger partial charge in [0, 0.05) is 6.54 Å².